The highest BCUT2D eigenvalue weighted by Gasteiger charge is 2.38. The summed E-state index contributed by atoms with van der Waals surface area (Å²) < 4.78 is 47.7. The summed E-state index contributed by atoms with van der Waals surface area (Å²) in [4.78, 5) is 15.0. The average Bonchev–Trinajstić information content (AvgIpc) is 3.00. The lowest BCUT2D eigenvalue weighted by Crippen LogP contribution is -2.47. The first kappa shape index (κ1) is 23.6. The van der Waals surface area contributed by atoms with Crippen molar-refractivity contribution in [3.8, 4) is 0 Å². The standard InChI is InChI=1S/C24H30FN3O4S/c1-18-23(22(32-26-18)13-12-19-9-4-5-11-21(19)25)33(30,31)28-16-8-10-20(17-28)24(29)27-14-6-2-3-7-15-27/h4-5,9,11-13,20H,2-3,6-8,10,14-17H2,1H3. The number of piperidine rings is 1. The zero-order valence-corrected chi connectivity index (χ0v) is 19.7. The number of halogens is 1. The van der Waals surface area contributed by atoms with Crippen LogP contribution in [0.1, 0.15) is 55.5 Å². The van der Waals surface area contributed by atoms with Gasteiger partial charge in [0, 0.05) is 31.7 Å². The molecule has 0 N–H and O–H groups in total. The number of hydrogen-bond donors (Lipinski definition) is 0. The molecule has 4 rings (SSSR count). The Morgan fingerprint density at radius 2 is 1.82 bits per heavy atom. The highest BCUT2D eigenvalue weighted by atomic mass is 32.2. The second-order valence-electron chi connectivity index (χ2n) is 8.76. The Balaban J connectivity index is 1.55. The molecule has 1 atom stereocenters. The summed E-state index contributed by atoms with van der Waals surface area (Å²) in [7, 11) is -3.94. The van der Waals surface area contributed by atoms with Gasteiger partial charge in [0.2, 0.25) is 15.9 Å². The van der Waals surface area contributed by atoms with Gasteiger partial charge >= 0.3 is 0 Å². The third-order valence-electron chi connectivity index (χ3n) is 6.40. The molecule has 0 aliphatic carbocycles. The van der Waals surface area contributed by atoms with Crippen LogP contribution < -0.4 is 0 Å². The zero-order valence-electron chi connectivity index (χ0n) is 18.9. The van der Waals surface area contributed by atoms with E-state index < -0.39 is 15.8 Å². The summed E-state index contributed by atoms with van der Waals surface area (Å²) in [5.74, 6) is -0.653. The fraction of sp³-hybridized carbons (Fsp3) is 0.500. The summed E-state index contributed by atoms with van der Waals surface area (Å²) in [6.45, 7) is 3.56. The third-order valence-corrected chi connectivity index (χ3v) is 8.43. The number of hydrogen-bond acceptors (Lipinski definition) is 5. The number of likely N-dealkylation sites (tertiary alicyclic amines) is 1. The van der Waals surface area contributed by atoms with E-state index in [1.54, 1.807) is 25.1 Å². The maximum absolute atomic E-state index is 14.0. The van der Waals surface area contributed by atoms with Crippen LogP contribution in [0.2, 0.25) is 0 Å². The number of carbonyl (C=O) groups is 1. The molecule has 2 aliphatic rings. The molecule has 2 saturated heterocycles. The van der Waals surface area contributed by atoms with Gasteiger partial charge in [0.05, 0.1) is 5.92 Å². The van der Waals surface area contributed by atoms with E-state index >= 15 is 0 Å². The molecule has 9 heteroatoms. The van der Waals surface area contributed by atoms with Gasteiger partial charge in [-0.2, -0.15) is 4.31 Å². The van der Waals surface area contributed by atoms with Crippen molar-refractivity contribution < 1.29 is 22.1 Å². The Bertz CT molecular complexity index is 1120. The van der Waals surface area contributed by atoms with Crippen molar-refractivity contribution in [2.75, 3.05) is 26.2 Å². The van der Waals surface area contributed by atoms with Crippen molar-refractivity contribution >= 4 is 28.1 Å². The minimum Gasteiger partial charge on any atom is -0.355 e. The van der Waals surface area contributed by atoms with E-state index in [-0.39, 0.29) is 34.7 Å². The Morgan fingerprint density at radius 3 is 2.55 bits per heavy atom. The summed E-state index contributed by atoms with van der Waals surface area (Å²) >= 11 is 0. The smallest absolute Gasteiger partial charge is 0.248 e. The van der Waals surface area contributed by atoms with Crippen LogP contribution in [0.15, 0.2) is 33.7 Å². The number of rotatable bonds is 5. The summed E-state index contributed by atoms with van der Waals surface area (Å²) in [6, 6.07) is 6.20. The lowest BCUT2D eigenvalue weighted by atomic mass is 9.98. The molecule has 1 amide bonds. The molecule has 3 heterocycles. The maximum atomic E-state index is 14.0. The molecule has 2 aliphatic heterocycles. The Hall–Kier alpha value is -2.52. The monoisotopic (exact) mass is 475 g/mol. The van der Waals surface area contributed by atoms with Gasteiger partial charge in [-0.3, -0.25) is 4.79 Å². The van der Waals surface area contributed by atoms with Crippen LogP contribution >= 0.6 is 0 Å². The van der Waals surface area contributed by atoms with Gasteiger partial charge in [-0.05, 0) is 50.8 Å². The topological polar surface area (TPSA) is 83.7 Å². The van der Waals surface area contributed by atoms with E-state index in [2.05, 4.69) is 5.16 Å². The van der Waals surface area contributed by atoms with E-state index in [9.17, 15) is 17.6 Å². The van der Waals surface area contributed by atoms with Crippen LogP contribution in [0.4, 0.5) is 4.39 Å². The lowest BCUT2D eigenvalue weighted by molar-refractivity contribution is -0.136. The SMILES string of the molecule is Cc1noc(C=Cc2ccccc2F)c1S(=O)(=O)N1CCCC(C(=O)N2CCCCCC2)C1. The predicted octanol–water partition coefficient (Wildman–Crippen LogP) is 4.10. The third kappa shape index (κ3) is 5.19. The second-order valence-corrected chi connectivity index (χ2v) is 10.6. The number of amides is 1. The molecule has 178 valence electrons. The molecule has 0 radical (unpaired) electrons. The van der Waals surface area contributed by atoms with Crippen molar-refractivity contribution in [2.24, 2.45) is 5.92 Å². The van der Waals surface area contributed by atoms with Crippen LogP contribution in [0, 0.1) is 18.7 Å². The van der Waals surface area contributed by atoms with Gasteiger partial charge in [-0.15, -0.1) is 0 Å². The molecule has 0 bridgehead atoms. The van der Waals surface area contributed by atoms with E-state index in [1.807, 2.05) is 4.90 Å². The fourth-order valence-electron chi connectivity index (χ4n) is 4.62. The summed E-state index contributed by atoms with van der Waals surface area (Å²) in [5.41, 5.74) is 0.556. The maximum Gasteiger partial charge on any atom is 0.248 e. The van der Waals surface area contributed by atoms with Crippen LogP contribution in [-0.4, -0.2) is 54.9 Å². The van der Waals surface area contributed by atoms with E-state index in [0.29, 0.717) is 24.9 Å². The zero-order chi connectivity index (χ0) is 23.4. The van der Waals surface area contributed by atoms with Crippen molar-refractivity contribution in [1.82, 2.24) is 14.4 Å². The summed E-state index contributed by atoms with van der Waals surface area (Å²) in [6.07, 6.45) is 8.45. The number of carbonyl (C=O) groups excluding carboxylic acids is 1. The van der Waals surface area contributed by atoms with Gasteiger partial charge in [-0.25, -0.2) is 12.8 Å². The fourth-order valence-corrected chi connectivity index (χ4v) is 6.39. The van der Waals surface area contributed by atoms with Crippen LogP contribution in [0.3, 0.4) is 0 Å². The van der Waals surface area contributed by atoms with Crippen LogP contribution in [-0.2, 0) is 14.8 Å². The molecule has 7 nitrogen and oxygen atoms in total. The van der Waals surface area contributed by atoms with Crippen molar-refractivity contribution in [3.63, 3.8) is 0 Å². The molecular weight excluding hydrogens is 445 g/mol. The second kappa shape index (κ2) is 10.2. The van der Waals surface area contributed by atoms with Crippen molar-refractivity contribution in [1.29, 1.82) is 0 Å². The van der Waals surface area contributed by atoms with Crippen LogP contribution in [0.25, 0.3) is 12.2 Å². The average molecular weight is 476 g/mol. The molecule has 1 unspecified atom stereocenters. The first-order valence-corrected chi connectivity index (χ1v) is 13.0. The molecule has 1 aromatic carbocycles. The minimum absolute atomic E-state index is 0.0297. The van der Waals surface area contributed by atoms with Gasteiger partial charge in [0.15, 0.2) is 10.7 Å². The van der Waals surface area contributed by atoms with E-state index in [4.69, 9.17) is 4.52 Å². The Morgan fingerprint density at radius 1 is 1.09 bits per heavy atom. The number of aryl methyl sites for hydroxylation is 1. The highest BCUT2D eigenvalue weighted by Crippen LogP contribution is 2.30. The Kier molecular flexibility index (Phi) is 7.29. The lowest BCUT2D eigenvalue weighted by Gasteiger charge is -2.34. The molecule has 0 spiro atoms. The van der Waals surface area contributed by atoms with Crippen LogP contribution in [0.5, 0.6) is 0 Å². The number of benzene rings is 1. The van der Waals surface area contributed by atoms with E-state index in [0.717, 1.165) is 38.8 Å². The first-order chi connectivity index (χ1) is 15.9. The normalized spacial score (nSPS) is 20.8. The molecule has 0 saturated carbocycles. The molecular formula is C24H30FN3O4S. The Labute approximate surface area is 194 Å². The number of aromatic nitrogens is 1. The number of nitrogens with zero attached hydrogens (tertiary/aromatic N) is 3. The predicted molar refractivity (Wildman–Crippen MR) is 123 cm³/mol. The molecule has 33 heavy (non-hydrogen) atoms. The first-order valence-electron chi connectivity index (χ1n) is 11.6. The van der Waals surface area contributed by atoms with Crippen molar-refractivity contribution in [3.05, 3.63) is 47.1 Å². The molecule has 2 fully saturated rings. The quantitative estimate of drug-likeness (QED) is 0.650. The van der Waals surface area contributed by atoms with Gasteiger partial charge in [0.1, 0.15) is 11.5 Å². The van der Waals surface area contributed by atoms with Gasteiger partial charge in [-0.1, -0.05) is 36.2 Å². The molecule has 1 aromatic heterocycles. The van der Waals surface area contributed by atoms with Gasteiger partial charge < -0.3 is 9.42 Å². The minimum atomic E-state index is -3.94. The summed E-state index contributed by atoms with van der Waals surface area (Å²) in [5, 5.41) is 3.85. The van der Waals surface area contributed by atoms with Crippen molar-refractivity contribution in [2.45, 2.75) is 50.3 Å². The largest absolute Gasteiger partial charge is 0.355 e. The van der Waals surface area contributed by atoms with Gasteiger partial charge in [0.25, 0.3) is 0 Å². The highest BCUT2D eigenvalue weighted by molar-refractivity contribution is 7.89. The number of sulfonamides is 1. The molecule has 2 aromatic rings. The van der Waals surface area contributed by atoms with E-state index in [1.165, 1.54) is 22.5 Å².